The first-order valence-corrected chi connectivity index (χ1v) is 5.90. The van der Waals surface area contributed by atoms with Gasteiger partial charge in [-0.25, -0.2) is 0 Å². The maximum atomic E-state index is 12.0. The fourth-order valence-corrected chi connectivity index (χ4v) is 1.90. The van der Waals surface area contributed by atoms with E-state index in [1.54, 1.807) is 17.0 Å². The number of halogens is 1. The molecule has 1 aliphatic rings. The molecule has 1 aromatic carbocycles. The van der Waals surface area contributed by atoms with E-state index in [2.05, 4.69) is 22.0 Å². The number of benzene rings is 1. The molecule has 84 valence electrons. The zero-order valence-corrected chi connectivity index (χ0v) is 10.3. The fourth-order valence-electron chi connectivity index (χ4n) is 1.65. The summed E-state index contributed by atoms with van der Waals surface area (Å²) in [6.07, 6.45) is 4.96. The van der Waals surface area contributed by atoms with Crippen LogP contribution in [0.15, 0.2) is 34.8 Å². The lowest BCUT2D eigenvalue weighted by atomic mass is 10.1. The smallest absolute Gasteiger partial charge is 0.254 e. The third kappa shape index (κ3) is 2.27. The van der Waals surface area contributed by atoms with Crippen LogP contribution in [0.3, 0.4) is 0 Å². The number of hydrogen-bond donors (Lipinski definition) is 1. The van der Waals surface area contributed by atoms with Gasteiger partial charge in [0, 0.05) is 18.7 Å². The Kier molecular flexibility index (Phi) is 3.29. The molecule has 1 heterocycles. The molecular formula is C12H12BrNO2. The van der Waals surface area contributed by atoms with Gasteiger partial charge in [0.25, 0.3) is 5.91 Å². The Morgan fingerprint density at radius 1 is 1.38 bits per heavy atom. The van der Waals surface area contributed by atoms with Crippen LogP contribution in [-0.4, -0.2) is 29.0 Å². The van der Waals surface area contributed by atoms with Gasteiger partial charge in [-0.05, 0) is 40.5 Å². The normalized spacial score (nSPS) is 15.2. The third-order valence-corrected chi connectivity index (χ3v) is 3.21. The van der Waals surface area contributed by atoms with Crippen molar-refractivity contribution in [1.29, 1.82) is 0 Å². The molecule has 0 atom stereocenters. The van der Waals surface area contributed by atoms with E-state index in [9.17, 15) is 9.90 Å². The Morgan fingerprint density at radius 2 is 2.19 bits per heavy atom. The van der Waals surface area contributed by atoms with Crippen molar-refractivity contribution in [2.45, 2.75) is 6.42 Å². The molecule has 1 aromatic rings. The Balaban J connectivity index is 2.20. The molecule has 2 rings (SSSR count). The van der Waals surface area contributed by atoms with Gasteiger partial charge in [0.05, 0.1) is 4.47 Å². The number of carbonyl (C=O) groups excluding carboxylic acids is 1. The number of hydrogen-bond acceptors (Lipinski definition) is 2. The number of phenolic OH excluding ortho intramolecular Hbond substituents is 1. The maximum absolute atomic E-state index is 12.0. The van der Waals surface area contributed by atoms with Crippen LogP contribution in [-0.2, 0) is 0 Å². The minimum absolute atomic E-state index is 0.0350. The number of nitrogens with zero attached hydrogens (tertiary/aromatic N) is 1. The second kappa shape index (κ2) is 4.70. The second-order valence-electron chi connectivity index (χ2n) is 3.68. The molecule has 0 aromatic heterocycles. The molecule has 3 nitrogen and oxygen atoms in total. The summed E-state index contributed by atoms with van der Waals surface area (Å²) in [6, 6.07) is 4.89. The summed E-state index contributed by atoms with van der Waals surface area (Å²) in [4.78, 5) is 13.8. The van der Waals surface area contributed by atoms with Crippen LogP contribution in [0.4, 0.5) is 0 Å². The van der Waals surface area contributed by atoms with Crippen molar-refractivity contribution in [2.75, 3.05) is 13.1 Å². The molecule has 0 fully saturated rings. The van der Waals surface area contributed by atoms with Gasteiger partial charge in [0.2, 0.25) is 0 Å². The zero-order valence-electron chi connectivity index (χ0n) is 8.69. The van der Waals surface area contributed by atoms with Crippen molar-refractivity contribution in [1.82, 2.24) is 4.90 Å². The molecule has 1 N–H and O–H groups in total. The number of amides is 1. The molecule has 0 radical (unpaired) electrons. The lowest BCUT2D eigenvalue weighted by Gasteiger charge is -2.23. The summed E-state index contributed by atoms with van der Waals surface area (Å²) in [5.74, 6) is 0.0607. The van der Waals surface area contributed by atoms with Crippen LogP contribution in [0.5, 0.6) is 5.75 Å². The van der Waals surface area contributed by atoms with E-state index in [1.165, 1.54) is 6.07 Å². The maximum Gasteiger partial charge on any atom is 0.254 e. The van der Waals surface area contributed by atoms with Crippen molar-refractivity contribution >= 4 is 21.8 Å². The van der Waals surface area contributed by atoms with Gasteiger partial charge in [-0.3, -0.25) is 4.79 Å². The Hall–Kier alpha value is -1.29. The van der Waals surface area contributed by atoms with E-state index in [0.717, 1.165) is 13.0 Å². The summed E-state index contributed by atoms with van der Waals surface area (Å²) >= 11 is 3.19. The van der Waals surface area contributed by atoms with E-state index in [4.69, 9.17) is 0 Å². The monoisotopic (exact) mass is 281 g/mol. The van der Waals surface area contributed by atoms with Crippen LogP contribution >= 0.6 is 15.9 Å². The molecule has 0 bridgehead atoms. The highest BCUT2D eigenvalue weighted by Crippen LogP contribution is 2.25. The number of phenols is 1. The molecule has 0 unspecified atom stereocenters. The summed E-state index contributed by atoms with van der Waals surface area (Å²) < 4.78 is 0.600. The molecule has 16 heavy (non-hydrogen) atoms. The summed E-state index contributed by atoms with van der Waals surface area (Å²) in [6.45, 7) is 1.39. The summed E-state index contributed by atoms with van der Waals surface area (Å²) in [5.41, 5.74) is 0.524. The van der Waals surface area contributed by atoms with E-state index < -0.39 is 0 Å². The number of aromatic hydroxyl groups is 1. The van der Waals surface area contributed by atoms with E-state index in [1.807, 2.05) is 6.08 Å². The van der Waals surface area contributed by atoms with Crippen molar-refractivity contribution in [3.63, 3.8) is 0 Å². The zero-order chi connectivity index (χ0) is 11.5. The highest BCUT2D eigenvalue weighted by atomic mass is 79.9. The van der Waals surface area contributed by atoms with E-state index >= 15 is 0 Å². The molecule has 0 saturated carbocycles. The van der Waals surface area contributed by atoms with E-state index in [0.29, 0.717) is 16.6 Å². The number of carbonyl (C=O) groups is 1. The predicted molar refractivity (Wildman–Crippen MR) is 65.5 cm³/mol. The minimum Gasteiger partial charge on any atom is -0.507 e. The third-order valence-electron chi connectivity index (χ3n) is 2.54. The fraction of sp³-hybridized carbons (Fsp3) is 0.250. The average Bonchev–Trinajstić information content (AvgIpc) is 2.33. The SMILES string of the molecule is O=C(c1ccc(Br)c(O)c1)N1CC=CCC1. The first-order chi connectivity index (χ1) is 7.68. The molecular weight excluding hydrogens is 270 g/mol. The predicted octanol–water partition coefficient (Wildman–Crippen LogP) is 2.56. The van der Waals surface area contributed by atoms with Crippen molar-refractivity contribution in [3.8, 4) is 5.75 Å². The highest BCUT2D eigenvalue weighted by Gasteiger charge is 2.16. The van der Waals surface area contributed by atoms with Crippen molar-refractivity contribution < 1.29 is 9.90 Å². The average molecular weight is 282 g/mol. The van der Waals surface area contributed by atoms with Gasteiger partial charge in [-0.1, -0.05) is 12.2 Å². The van der Waals surface area contributed by atoms with Gasteiger partial charge in [0.1, 0.15) is 5.75 Å². The van der Waals surface area contributed by atoms with Crippen LogP contribution in [0.2, 0.25) is 0 Å². The largest absolute Gasteiger partial charge is 0.507 e. The second-order valence-corrected chi connectivity index (χ2v) is 4.53. The van der Waals surface area contributed by atoms with Crippen LogP contribution in [0.1, 0.15) is 16.8 Å². The quantitative estimate of drug-likeness (QED) is 0.804. The van der Waals surface area contributed by atoms with Gasteiger partial charge >= 0.3 is 0 Å². The molecule has 0 saturated heterocycles. The first kappa shape index (κ1) is 11.2. The standard InChI is InChI=1S/C12H12BrNO2/c13-10-5-4-9(8-11(10)15)12(16)14-6-2-1-3-7-14/h1-2,4-5,8,15H,3,6-7H2. The summed E-state index contributed by atoms with van der Waals surface area (Å²) in [7, 11) is 0. The van der Waals surface area contributed by atoms with Crippen molar-refractivity contribution in [3.05, 3.63) is 40.4 Å². The number of rotatable bonds is 1. The Morgan fingerprint density at radius 3 is 2.81 bits per heavy atom. The molecule has 0 spiro atoms. The molecule has 1 aliphatic heterocycles. The van der Waals surface area contributed by atoms with Crippen molar-refractivity contribution in [2.24, 2.45) is 0 Å². The molecule has 0 aliphatic carbocycles. The van der Waals surface area contributed by atoms with Gasteiger partial charge in [-0.2, -0.15) is 0 Å². The van der Waals surface area contributed by atoms with Crippen LogP contribution in [0.25, 0.3) is 0 Å². The topological polar surface area (TPSA) is 40.5 Å². The first-order valence-electron chi connectivity index (χ1n) is 5.11. The van der Waals surface area contributed by atoms with Gasteiger partial charge < -0.3 is 10.0 Å². The van der Waals surface area contributed by atoms with E-state index in [-0.39, 0.29) is 11.7 Å². The van der Waals surface area contributed by atoms with Gasteiger partial charge in [0.15, 0.2) is 0 Å². The highest BCUT2D eigenvalue weighted by molar-refractivity contribution is 9.10. The molecule has 4 heteroatoms. The Bertz CT molecular complexity index is 443. The molecule has 1 amide bonds. The van der Waals surface area contributed by atoms with Crippen LogP contribution < -0.4 is 0 Å². The lowest BCUT2D eigenvalue weighted by molar-refractivity contribution is 0.0770. The minimum atomic E-state index is -0.0350. The Labute approximate surface area is 103 Å². The van der Waals surface area contributed by atoms with Crippen LogP contribution in [0, 0.1) is 0 Å². The van der Waals surface area contributed by atoms with Gasteiger partial charge in [-0.15, -0.1) is 0 Å². The summed E-state index contributed by atoms with van der Waals surface area (Å²) in [5, 5.41) is 9.52. The lowest BCUT2D eigenvalue weighted by Crippen LogP contribution is -2.33.